The first kappa shape index (κ1) is 18.6. The van der Waals surface area contributed by atoms with Gasteiger partial charge in [0.15, 0.2) is 0 Å². The molecule has 0 aromatic carbocycles. The van der Waals surface area contributed by atoms with Crippen LogP contribution in [0.25, 0.3) is 0 Å². The van der Waals surface area contributed by atoms with Crippen LogP contribution in [0.5, 0.6) is 0 Å². The van der Waals surface area contributed by atoms with Crippen LogP contribution in [0, 0.1) is 5.92 Å². The van der Waals surface area contributed by atoms with Crippen molar-refractivity contribution >= 4 is 34.5 Å². The standard InChI is InChI=1S/C20H25N3O2S2/c24-18(10-17-7-3-9-26-17)23-8-2-6-15(12-23)20-22-16(13-27-20)11-21-19(25)14-4-1-5-14/h3,7,9,13-15H,1-2,4-6,8,10-12H2,(H,21,25)/t15-/m1/s1. The van der Waals surface area contributed by atoms with E-state index in [-0.39, 0.29) is 17.7 Å². The van der Waals surface area contributed by atoms with E-state index in [1.807, 2.05) is 27.8 Å². The molecule has 4 rings (SSSR count). The van der Waals surface area contributed by atoms with Crippen molar-refractivity contribution in [2.24, 2.45) is 5.92 Å². The fourth-order valence-electron chi connectivity index (χ4n) is 3.66. The number of likely N-dealkylation sites (tertiary alicyclic amines) is 1. The van der Waals surface area contributed by atoms with E-state index in [4.69, 9.17) is 4.98 Å². The number of hydrogen-bond acceptors (Lipinski definition) is 5. The summed E-state index contributed by atoms with van der Waals surface area (Å²) >= 11 is 3.30. The quantitative estimate of drug-likeness (QED) is 0.802. The van der Waals surface area contributed by atoms with Gasteiger partial charge in [0.2, 0.25) is 11.8 Å². The third-order valence-electron chi connectivity index (χ3n) is 5.52. The number of rotatable bonds is 6. The number of aromatic nitrogens is 1. The molecule has 2 aromatic heterocycles. The molecule has 2 amide bonds. The smallest absolute Gasteiger partial charge is 0.227 e. The number of thiophene rings is 1. The Kier molecular flexibility index (Phi) is 5.88. The first-order valence-electron chi connectivity index (χ1n) is 9.71. The summed E-state index contributed by atoms with van der Waals surface area (Å²) in [4.78, 5) is 32.4. The van der Waals surface area contributed by atoms with Gasteiger partial charge in [-0.2, -0.15) is 0 Å². The van der Waals surface area contributed by atoms with E-state index in [0.29, 0.717) is 18.9 Å². The van der Waals surface area contributed by atoms with Gasteiger partial charge in [-0.15, -0.1) is 22.7 Å². The lowest BCUT2D eigenvalue weighted by molar-refractivity contribution is -0.131. The fourth-order valence-corrected chi connectivity index (χ4v) is 5.31. The maximum atomic E-state index is 12.6. The first-order chi connectivity index (χ1) is 13.2. The highest BCUT2D eigenvalue weighted by molar-refractivity contribution is 7.10. The van der Waals surface area contributed by atoms with Crippen molar-refractivity contribution in [2.75, 3.05) is 13.1 Å². The van der Waals surface area contributed by atoms with E-state index in [9.17, 15) is 9.59 Å². The summed E-state index contributed by atoms with van der Waals surface area (Å²) in [5.74, 6) is 0.905. The molecule has 1 atom stereocenters. The lowest BCUT2D eigenvalue weighted by atomic mass is 9.85. The van der Waals surface area contributed by atoms with Crippen LogP contribution < -0.4 is 5.32 Å². The minimum absolute atomic E-state index is 0.166. The summed E-state index contributed by atoms with van der Waals surface area (Å²) in [5, 5.41) is 8.17. The third kappa shape index (κ3) is 4.58. The monoisotopic (exact) mass is 403 g/mol. The molecule has 0 spiro atoms. The van der Waals surface area contributed by atoms with Crippen LogP contribution in [0.2, 0.25) is 0 Å². The van der Waals surface area contributed by atoms with E-state index in [1.165, 1.54) is 6.42 Å². The number of amides is 2. The zero-order valence-electron chi connectivity index (χ0n) is 15.4. The highest BCUT2D eigenvalue weighted by Gasteiger charge is 2.27. The molecule has 27 heavy (non-hydrogen) atoms. The van der Waals surface area contributed by atoms with E-state index in [0.717, 1.165) is 54.4 Å². The zero-order valence-corrected chi connectivity index (χ0v) is 17.0. The van der Waals surface area contributed by atoms with Gasteiger partial charge in [0, 0.05) is 35.2 Å². The summed E-state index contributed by atoms with van der Waals surface area (Å²) in [6, 6.07) is 4.02. The van der Waals surface area contributed by atoms with Crippen molar-refractivity contribution in [1.82, 2.24) is 15.2 Å². The van der Waals surface area contributed by atoms with Crippen LogP contribution in [-0.2, 0) is 22.6 Å². The normalized spacial score (nSPS) is 20.3. The lowest BCUT2D eigenvalue weighted by Crippen LogP contribution is -2.39. The molecule has 3 heterocycles. The Hall–Kier alpha value is -1.73. The lowest BCUT2D eigenvalue weighted by Gasteiger charge is -2.31. The molecule has 2 fully saturated rings. The van der Waals surface area contributed by atoms with Gasteiger partial charge in [-0.05, 0) is 37.1 Å². The average Bonchev–Trinajstić information content (AvgIpc) is 3.30. The molecule has 144 valence electrons. The maximum absolute atomic E-state index is 12.6. The van der Waals surface area contributed by atoms with Crippen molar-refractivity contribution in [3.63, 3.8) is 0 Å². The minimum atomic E-state index is 0.166. The molecule has 1 N–H and O–H groups in total. The predicted molar refractivity (Wildman–Crippen MR) is 108 cm³/mol. The van der Waals surface area contributed by atoms with E-state index >= 15 is 0 Å². The molecule has 0 bridgehead atoms. The molecule has 1 saturated heterocycles. The van der Waals surface area contributed by atoms with Crippen molar-refractivity contribution in [1.29, 1.82) is 0 Å². The Morgan fingerprint density at radius 3 is 2.85 bits per heavy atom. The summed E-state index contributed by atoms with van der Waals surface area (Å²) in [6.07, 6.45) is 5.80. The second-order valence-corrected chi connectivity index (χ2v) is 9.38. The molecule has 0 unspecified atom stereocenters. The number of nitrogens with zero attached hydrogens (tertiary/aromatic N) is 2. The van der Waals surface area contributed by atoms with E-state index in [1.54, 1.807) is 22.7 Å². The van der Waals surface area contributed by atoms with E-state index in [2.05, 4.69) is 5.32 Å². The molecule has 5 nitrogen and oxygen atoms in total. The molecule has 1 saturated carbocycles. The summed E-state index contributed by atoms with van der Waals surface area (Å²) in [6.45, 7) is 2.11. The molecule has 1 aliphatic carbocycles. The van der Waals surface area contributed by atoms with Crippen LogP contribution in [0.1, 0.15) is 53.6 Å². The Balaban J connectivity index is 1.30. The maximum Gasteiger partial charge on any atom is 0.227 e. The minimum Gasteiger partial charge on any atom is -0.350 e. The SMILES string of the molecule is O=C(NCc1csc([C@@H]2CCCN(C(=O)Cc3cccs3)C2)n1)C1CCC1. The van der Waals surface area contributed by atoms with Gasteiger partial charge in [0.1, 0.15) is 0 Å². The van der Waals surface area contributed by atoms with Crippen molar-refractivity contribution < 1.29 is 9.59 Å². The average molecular weight is 404 g/mol. The molecule has 2 aliphatic rings. The molecule has 1 aliphatic heterocycles. The predicted octanol–water partition coefficient (Wildman–Crippen LogP) is 3.57. The van der Waals surface area contributed by atoms with Crippen LogP contribution >= 0.6 is 22.7 Å². The highest BCUT2D eigenvalue weighted by atomic mass is 32.1. The topological polar surface area (TPSA) is 62.3 Å². The zero-order chi connectivity index (χ0) is 18.6. The number of carbonyl (C=O) groups excluding carboxylic acids is 2. The van der Waals surface area contributed by atoms with Crippen LogP contribution in [0.4, 0.5) is 0 Å². The van der Waals surface area contributed by atoms with Gasteiger partial charge in [0.05, 0.1) is 23.7 Å². The molecule has 2 aromatic rings. The summed E-state index contributed by atoms with van der Waals surface area (Å²) in [7, 11) is 0. The number of nitrogens with one attached hydrogen (secondary N) is 1. The van der Waals surface area contributed by atoms with Crippen molar-refractivity contribution in [2.45, 2.75) is 51.0 Å². The number of hydrogen-bond donors (Lipinski definition) is 1. The van der Waals surface area contributed by atoms with Gasteiger partial charge in [0.25, 0.3) is 0 Å². The van der Waals surface area contributed by atoms with Crippen LogP contribution in [0.15, 0.2) is 22.9 Å². The molecule has 7 heteroatoms. The molecular weight excluding hydrogens is 378 g/mol. The second-order valence-electron chi connectivity index (χ2n) is 7.46. The van der Waals surface area contributed by atoms with Gasteiger partial charge in [-0.3, -0.25) is 9.59 Å². The number of thiazole rings is 1. The van der Waals surface area contributed by atoms with Crippen molar-refractivity contribution in [3.05, 3.63) is 38.5 Å². The largest absolute Gasteiger partial charge is 0.350 e. The first-order valence-corrected chi connectivity index (χ1v) is 11.5. The van der Waals surface area contributed by atoms with Crippen LogP contribution in [-0.4, -0.2) is 34.8 Å². The van der Waals surface area contributed by atoms with Gasteiger partial charge in [-0.1, -0.05) is 12.5 Å². The highest BCUT2D eigenvalue weighted by Crippen LogP contribution is 2.30. The van der Waals surface area contributed by atoms with Gasteiger partial charge >= 0.3 is 0 Å². The number of piperidine rings is 1. The Labute approximate surface area is 167 Å². The Morgan fingerprint density at radius 1 is 1.22 bits per heavy atom. The molecule has 0 radical (unpaired) electrons. The number of carbonyl (C=O) groups is 2. The van der Waals surface area contributed by atoms with Crippen molar-refractivity contribution in [3.8, 4) is 0 Å². The Morgan fingerprint density at radius 2 is 2.11 bits per heavy atom. The van der Waals surface area contributed by atoms with Crippen LogP contribution in [0.3, 0.4) is 0 Å². The fraction of sp³-hybridized carbons (Fsp3) is 0.550. The third-order valence-corrected chi connectivity index (χ3v) is 7.45. The molecular formula is C20H25N3O2S2. The van der Waals surface area contributed by atoms with Gasteiger partial charge < -0.3 is 10.2 Å². The summed E-state index contributed by atoms with van der Waals surface area (Å²) in [5.41, 5.74) is 0.935. The Bertz CT molecular complexity index is 783. The van der Waals surface area contributed by atoms with E-state index < -0.39 is 0 Å². The summed E-state index contributed by atoms with van der Waals surface area (Å²) < 4.78 is 0. The second kappa shape index (κ2) is 8.52. The van der Waals surface area contributed by atoms with Gasteiger partial charge in [-0.25, -0.2) is 4.98 Å².